The van der Waals surface area contributed by atoms with E-state index < -0.39 is 0 Å². The minimum absolute atomic E-state index is 0.781. The van der Waals surface area contributed by atoms with E-state index in [-0.39, 0.29) is 0 Å². The third-order valence-electron chi connectivity index (χ3n) is 4.67. The molecule has 0 spiro atoms. The highest BCUT2D eigenvalue weighted by Crippen LogP contribution is 2.22. The van der Waals surface area contributed by atoms with Gasteiger partial charge in [0.05, 0.1) is 5.70 Å². The van der Waals surface area contributed by atoms with Gasteiger partial charge in [0, 0.05) is 23.8 Å². The monoisotopic (exact) mass is 316 g/mol. The van der Waals surface area contributed by atoms with Crippen molar-refractivity contribution in [3.63, 3.8) is 0 Å². The van der Waals surface area contributed by atoms with Crippen LogP contribution < -0.4 is 5.46 Å². The fourth-order valence-electron chi connectivity index (χ4n) is 3.32. The number of aryl methyl sites for hydroxylation is 1. The average molecular weight is 316 g/mol. The van der Waals surface area contributed by atoms with Crippen LogP contribution in [0.2, 0.25) is 0 Å². The average Bonchev–Trinajstić information content (AvgIpc) is 2.84. The predicted molar refractivity (Wildman–Crippen MR) is 105 cm³/mol. The van der Waals surface area contributed by atoms with Crippen LogP contribution in [0.15, 0.2) is 47.7 Å². The molecule has 2 nitrogen and oxygen atoms in total. The Hall–Kier alpha value is -2.03. The minimum Gasteiger partial charge on any atom is -0.324 e. The summed E-state index contributed by atoms with van der Waals surface area (Å²) in [4.78, 5) is 4.95. The predicted octanol–water partition coefficient (Wildman–Crippen LogP) is 4.74. The van der Waals surface area contributed by atoms with Gasteiger partial charge in [0.15, 0.2) is 0 Å². The second kappa shape index (κ2) is 7.70. The van der Waals surface area contributed by atoms with Crippen molar-refractivity contribution >= 4 is 24.7 Å². The fraction of sp³-hybridized carbons (Fsp3) is 0.381. The van der Waals surface area contributed by atoms with Crippen molar-refractivity contribution in [2.24, 2.45) is 4.99 Å². The van der Waals surface area contributed by atoms with E-state index in [0.29, 0.717) is 0 Å². The summed E-state index contributed by atoms with van der Waals surface area (Å²) in [6, 6.07) is 8.33. The number of aromatic nitrogens is 1. The minimum atomic E-state index is 0.781. The number of rotatable bonds is 3. The summed E-state index contributed by atoms with van der Waals surface area (Å²) in [5, 5.41) is 0. The maximum Gasteiger partial charge on any atom is 0.116 e. The molecule has 2 radical (unpaired) electrons. The van der Waals surface area contributed by atoms with Gasteiger partial charge in [0.2, 0.25) is 0 Å². The van der Waals surface area contributed by atoms with Crippen LogP contribution in [-0.2, 0) is 0 Å². The van der Waals surface area contributed by atoms with Gasteiger partial charge in [-0.05, 0) is 62.8 Å². The Balaban J connectivity index is 1.87. The molecule has 1 saturated carbocycles. The molecule has 0 aliphatic heterocycles. The Morgan fingerprint density at radius 1 is 1.12 bits per heavy atom. The molecule has 2 aromatic rings. The van der Waals surface area contributed by atoms with Crippen molar-refractivity contribution in [1.82, 2.24) is 4.57 Å². The highest BCUT2D eigenvalue weighted by Gasteiger charge is 2.09. The SMILES string of the molecule is [B]c1cc(/C(=C/C)N=C2CCCCCC2)ccc1-n1ccc(C)c1. The topological polar surface area (TPSA) is 17.3 Å². The van der Waals surface area contributed by atoms with Crippen LogP contribution in [0, 0.1) is 6.92 Å². The molecule has 1 aromatic heterocycles. The normalized spacial score (nSPS) is 16.1. The van der Waals surface area contributed by atoms with Crippen LogP contribution in [0.1, 0.15) is 56.6 Å². The van der Waals surface area contributed by atoms with Crippen molar-refractivity contribution in [3.8, 4) is 5.69 Å². The largest absolute Gasteiger partial charge is 0.324 e. The number of nitrogens with zero attached hydrogens (tertiary/aromatic N) is 2. The van der Waals surface area contributed by atoms with Gasteiger partial charge < -0.3 is 4.57 Å². The molecule has 0 saturated heterocycles. The quantitative estimate of drug-likeness (QED) is 0.575. The Morgan fingerprint density at radius 2 is 1.88 bits per heavy atom. The van der Waals surface area contributed by atoms with Crippen LogP contribution >= 0.6 is 0 Å². The number of hydrogen-bond donors (Lipinski definition) is 0. The molecule has 1 aromatic carbocycles. The molecular weight excluding hydrogens is 291 g/mol. The van der Waals surface area contributed by atoms with Gasteiger partial charge in [-0.1, -0.05) is 36.5 Å². The summed E-state index contributed by atoms with van der Waals surface area (Å²) in [5.41, 5.74) is 6.50. The first-order chi connectivity index (χ1) is 11.7. The van der Waals surface area contributed by atoms with Gasteiger partial charge in [0.25, 0.3) is 0 Å². The van der Waals surface area contributed by atoms with Gasteiger partial charge in [-0.2, -0.15) is 0 Å². The molecule has 1 heterocycles. The number of allylic oxidation sites excluding steroid dienone is 1. The fourth-order valence-corrected chi connectivity index (χ4v) is 3.32. The van der Waals surface area contributed by atoms with E-state index in [0.717, 1.165) is 35.3 Å². The second-order valence-electron chi connectivity index (χ2n) is 6.64. The lowest BCUT2D eigenvalue weighted by Gasteiger charge is -2.12. The van der Waals surface area contributed by atoms with Gasteiger partial charge >= 0.3 is 0 Å². The molecule has 0 N–H and O–H groups in total. The lowest BCUT2D eigenvalue weighted by molar-refractivity contribution is 0.702. The van der Waals surface area contributed by atoms with Crippen LogP contribution in [-0.4, -0.2) is 18.1 Å². The summed E-state index contributed by atoms with van der Waals surface area (Å²) in [6.45, 7) is 4.14. The van der Waals surface area contributed by atoms with E-state index in [4.69, 9.17) is 12.8 Å². The maximum absolute atomic E-state index is 6.32. The molecule has 0 amide bonds. The Bertz CT molecular complexity index is 758. The molecule has 1 aliphatic rings. The zero-order valence-electron chi connectivity index (χ0n) is 14.8. The van der Waals surface area contributed by atoms with Crippen LogP contribution in [0.3, 0.4) is 0 Å². The molecule has 0 bridgehead atoms. The third kappa shape index (κ3) is 3.89. The molecule has 0 atom stereocenters. The lowest BCUT2D eigenvalue weighted by atomic mass is 9.91. The van der Waals surface area contributed by atoms with Crippen molar-refractivity contribution < 1.29 is 0 Å². The highest BCUT2D eigenvalue weighted by atomic mass is 14.9. The Kier molecular flexibility index (Phi) is 5.39. The van der Waals surface area contributed by atoms with Gasteiger partial charge in [-0.25, -0.2) is 0 Å². The van der Waals surface area contributed by atoms with E-state index in [2.05, 4.69) is 48.9 Å². The number of hydrogen-bond acceptors (Lipinski definition) is 1. The molecule has 3 rings (SSSR count). The first-order valence-electron chi connectivity index (χ1n) is 8.95. The lowest BCUT2D eigenvalue weighted by Crippen LogP contribution is -2.12. The maximum atomic E-state index is 6.32. The van der Waals surface area contributed by atoms with E-state index in [1.807, 2.05) is 12.3 Å². The van der Waals surface area contributed by atoms with E-state index in [9.17, 15) is 0 Å². The van der Waals surface area contributed by atoms with E-state index in [1.54, 1.807) is 0 Å². The summed E-state index contributed by atoms with van der Waals surface area (Å²) in [5.74, 6) is 0. The molecule has 24 heavy (non-hydrogen) atoms. The van der Waals surface area contributed by atoms with Gasteiger partial charge in [0.1, 0.15) is 7.85 Å². The van der Waals surface area contributed by atoms with Gasteiger partial charge in [-0.15, -0.1) is 0 Å². The Morgan fingerprint density at radius 3 is 2.46 bits per heavy atom. The Labute approximate surface area is 146 Å². The van der Waals surface area contributed by atoms with Crippen molar-refractivity contribution in [1.29, 1.82) is 0 Å². The van der Waals surface area contributed by atoms with Crippen LogP contribution in [0.5, 0.6) is 0 Å². The first kappa shape index (κ1) is 16.8. The molecule has 3 heteroatoms. The van der Waals surface area contributed by atoms with E-state index in [1.165, 1.54) is 37.0 Å². The van der Waals surface area contributed by atoms with Crippen molar-refractivity contribution in [3.05, 3.63) is 53.9 Å². The smallest absolute Gasteiger partial charge is 0.116 e. The second-order valence-corrected chi connectivity index (χ2v) is 6.64. The van der Waals surface area contributed by atoms with Crippen molar-refractivity contribution in [2.75, 3.05) is 0 Å². The zero-order valence-corrected chi connectivity index (χ0v) is 14.8. The molecular formula is C21H25BN2. The molecule has 1 fully saturated rings. The number of aliphatic imine (C=N–C) groups is 1. The molecule has 1 aliphatic carbocycles. The molecule has 122 valence electrons. The highest BCUT2D eigenvalue weighted by molar-refractivity contribution is 6.35. The summed E-state index contributed by atoms with van der Waals surface area (Å²) < 4.78 is 2.07. The van der Waals surface area contributed by atoms with Crippen LogP contribution in [0.25, 0.3) is 11.4 Å². The summed E-state index contributed by atoms with van der Waals surface area (Å²) in [7, 11) is 6.32. The molecule has 0 unspecified atom stereocenters. The van der Waals surface area contributed by atoms with Crippen LogP contribution in [0.4, 0.5) is 0 Å². The standard InChI is InChI=1S/C21H25BN2/c1-3-20(23-18-8-6-4-5-7-9-18)17-10-11-21(19(22)14-17)24-13-12-16(2)15-24/h3,10-15H,4-9H2,1-2H3/b20-3-. The van der Waals surface area contributed by atoms with Gasteiger partial charge in [-0.3, -0.25) is 4.99 Å². The number of benzene rings is 1. The zero-order chi connectivity index (χ0) is 16.9. The van der Waals surface area contributed by atoms with E-state index >= 15 is 0 Å². The summed E-state index contributed by atoms with van der Waals surface area (Å²) >= 11 is 0. The first-order valence-corrected chi connectivity index (χ1v) is 8.95. The third-order valence-corrected chi connectivity index (χ3v) is 4.67. The summed E-state index contributed by atoms with van der Waals surface area (Å²) in [6.07, 6.45) is 13.7. The van der Waals surface area contributed by atoms with Crippen molar-refractivity contribution in [2.45, 2.75) is 52.4 Å².